The molecule has 0 fully saturated rings. The number of aldehydes is 1. The molecule has 0 aromatic rings. The van der Waals surface area contributed by atoms with E-state index in [9.17, 15) is 4.79 Å². The quantitative estimate of drug-likeness (QED) is 0.330. The van der Waals surface area contributed by atoms with E-state index < -0.39 is 0 Å². The van der Waals surface area contributed by atoms with Crippen LogP contribution in [-0.2, 0) is 14.3 Å². The van der Waals surface area contributed by atoms with E-state index in [-0.39, 0.29) is 6.10 Å². The zero-order valence-corrected chi connectivity index (χ0v) is 13.0. The van der Waals surface area contributed by atoms with Crippen molar-refractivity contribution in [3.05, 3.63) is 23.5 Å². The van der Waals surface area contributed by atoms with Crippen LogP contribution in [0, 0.1) is 12.3 Å². The number of hydrogen-bond acceptors (Lipinski definition) is 3. The second-order valence-corrected chi connectivity index (χ2v) is 5.21. The summed E-state index contributed by atoms with van der Waals surface area (Å²) in [5.41, 5.74) is 0.759. The van der Waals surface area contributed by atoms with Gasteiger partial charge in [0.2, 0.25) is 0 Å². The van der Waals surface area contributed by atoms with Gasteiger partial charge < -0.3 is 9.47 Å². The number of hydrogen-bond donors (Lipinski definition) is 0. The summed E-state index contributed by atoms with van der Waals surface area (Å²) >= 11 is 0. The van der Waals surface area contributed by atoms with Crippen LogP contribution in [0.4, 0.5) is 0 Å². The number of carbonyl (C=O) groups is 1. The predicted molar refractivity (Wildman–Crippen MR) is 84.7 cm³/mol. The lowest BCUT2D eigenvalue weighted by Gasteiger charge is -2.24. The first kappa shape index (κ1) is 17.5. The van der Waals surface area contributed by atoms with Crippen LogP contribution in [0.25, 0.3) is 0 Å². The Bertz CT molecular complexity index is 401. The molecule has 0 heterocycles. The first-order chi connectivity index (χ1) is 10.3. The van der Waals surface area contributed by atoms with Crippen LogP contribution in [0.1, 0.15) is 51.9 Å². The first-order valence-electron chi connectivity index (χ1n) is 7.85. The minimum atomic E-state index is -0.125. The monoisotopic (exact) mass is 290 g/mol. The van der Waals surface area contributed by atoms with Gasteiger partial charge >= 0.3 is 0 Å². The predicted octanol–water partition coefficient (Wildman–Crippen LogP) is 3.79. The normalized spacial score (nSPS) is 17.6. The van der Waals surface area contributed by atoms with Crippen molar-refractivity contribution in [2.24, 2.45) is 0 Å². The molecular weight excluding hydrogens is 264 g/mol. The van der Waals surface area contributed by atoms with Gasteiger partial charge in [-0.05, 0) is 30.9 Å². The number of carbonyl (C=O) groups excluding carboxylic acids is 1. The van der Waals surface area contributed by atoms with Gasteiger partial charge in [-0.25, -0.2) is 0 Å². The average Bonchev–Trinajstić information content (AvgIpc) is 2.52. The maximum Gasteiger partial charge on any atom is 0.146 e. The van der Waals surface area contributed by atoms with Crippen molar-refractivity contribution >= 4 is 6.29 Å². The summed E-state index contributed by atoms with van der Waals surface area (Å²) in [6.45, 7) is 3.52. The van der Waals surface area contributed by atoms with Gasteiger partial charge in [-0.15, -0.1) is 12.3 Å². The smallest absolute Gasteiger partial charge is 0.146 e. The maximum absolute atomic E-state index is 10.9. The van der Waals surface area contributed by atoms with E-state index in [2.05, 4.69) is 12.8 Å². The second kappa shape index (κ2) is 11.2. The lowest BCUT2D eigenvalue weighted by Crippen LogP contribution is -2.22. The van der Waals surface area contributed by atoms with E-state index >= 15 is 0 Å². The third-order valence-corrected chi connectivity index (χ3v) is 3.40. The molecule has 0 spiro atoms. The van der Waals surface area contributed by atoms with Crippen molar-refractivity contribution in [1.82, 2.24) is 0 Å². The van der Waals surface area contributed by atoms with E-state index in [1.807, 2.05) is 12.2 Å². The van der Waals surface area contributed by atoms with Gasteiger partial charge in [0.15, 0.2) is 0 Å². The number of unbranched alkanes of at least 4 members (excludes halogenated alkanes) is 4. The third kappa shape index (κ3) is 7.15. The minimum absolute atomic E-state index is 0.125. The molecule has 0 amide bonds. The Kier molecular flexibility index (Phi) is 9.32. The molecule has 0 N–H and O–H groups in total. The Balaban J connectivity index is 2.41. The van der Waals surface area contributed by atoms with Crippen LogP contribution in [0.2, 0.25) is 0 Å². The van der Waals surface area contributed by atoms with Crippen LogP contribution in [0.15, 0.2) is 23.5 Å². The van der Waals surface area contributed by atoms with E-state index in [0.717, 1.165) is 49.7 Å². The Hall–Kier alpha value is -1.53. The minimum Gasteiger partial charge on any atom is -0.495 e. The largest absolute Gasteiger partial charge is 0.495 e. The molecule has 116 valence electrons. The van der Waals surface area contributed by atoms with Crippen LogP contribution in [-0.4, -0.2) is 25.6 Å². The highest BCUT2D eigenvalue weighted by Crippen LogP contribution is 2.22. The Morgan fingerprint density at radius 2 is 2.10 bits per heavy atom. The summed E-state index contributed by atoms with van der Waals surface area (Å²) in [6.07, 6.45) is 16.3. The number of terminal acetylenes is 1. The summed E-state index contributed by atoms with van der Waals surface area (Å²) in [6, 6.07) is 0. The van der Waals surface area contributed by atoms with Gasteiger partial charge in [-0.1, -0.05) is 25.8 Å². The molecule has 1 aliphatic rings. The average molecular weight is 290 g/mol. The SMILES string of the molecule is C#CCCCCOC1=CC=C(C=O)CC1OCCCCC. The van der Waals surface area contributed by atoms with Gasteiger partial charge in [0.1, 0.15) is 18.1 Å². The molecule has 0 radical (unpaired) electrons. The van der Waals surface area contributed by atoms with E-state index in [1.54, 1.807) is 0 Å². The molecule has 0 aromatic carbocycles. The third-order valence-electron chi connectivity index (χ3n) is 3.40. The molecule has 1 atom stereocenters. The van der Waals surface area contributed by atoms with Crippen molar-refractivity contribution in [2.45, 2.75) is 58.0 Å². The van der Waals surface area contributed by atoms with Gasteiger partial charge in [0.05, 0.1) is 6.61 Å². The molecule has 0 aromatic heterocycles. The maximum atomic E-state index is 10.9. The molecule has 1 unspecified atom stereocenters. The van der Waals surface area contributed by atoms with Crippen molar-refractivity contribution in [3.8, 4) is 12.3 Å². The molecule has 1 aliphatic carbocycles. The van der Waals surface area contributed by atoms with Gasteiger partial charge in [-0.3, -0.25) is 4.79 Å². The van der Waals surface area contributed by atoms with Crippen molar-refractivity contribution in [3.63, 3.8) is 0 Å². The van der Waals surface area contributed by atoms with Crippen LogP contribution >= 0.6 is 0 Å². The summed E-state index contributed by atoms with van der Waals surface area (Å²) < 4.78 is 11.7. The number of allylic oxidation sites excluding steroid dienone is 2. The van der Waals surface area contributed by atoms with Crippen LogP contribution in [0.5, 0.6) is 0 Å². The highest BCUT2D eigenvalue weighted by atomic mass is 16.5. The van der Waals surface area contributed by atoms with Crippen molar-refractivity contribution in [1.29, 1.82) is 0 Å². The van der Waals surface area contributed by atoms with Crippen LogP contribution < -0.4 is 0 Å². The zero-order chi connectivity index (χ0) is 15.3. The molecular formula is C18H26O3. The zero-order valence-electron chi connectivity index (χ0n) is 13.0. The highest BCUT2D eigenvalue weighted by Gasteiger charge is 2.21. The molecule has 1 rings (SSSR count). The van der Waals surface area contributed by atoms with Crippen molar-refractivity contribution < 1.29 is 14.3 Å². The van der Waals surface area contributed by atoms with E-state index in [0.29, 0.717) is 19.6 Å². The first-order valence-corrected chi connectivity index (χ1v) is 7.85. The highest BCUT2D eigenvalue weighted by molar-refractivity contribution is 5.74. The fraction of sp³-hybridized carbons (Fsp3) is 0.611. The summed E-state index contributed by atoms with van der Waals surface area (Å²) in [5.74, 6) is 3.46. The fourth-order valence-electron chi connectivity index (χ4n) is 2.15. The van der Waals surface area contributed by atoms with Crippen molar-refractivity contribution in [2.75, 3.05) is 13.2 Å². The molecule has 3 nitrogen and oxygen atoms in total. The van der Waals surface area contributed by atoms with Gasteiger partial charge in [0.25, 0.3) is 0 Å². The molecule has 0 bridgehead atoms. The topological polar surface area (TPSA) is 35.5 Å². The second-order valence-electron chi connectivity index (χ2n) is 5.21. The van der Waals surface area contributed by atoms with E-state index in [1.165, 1.54) is 6.42 Å². The Labute approximate surface area is 128 Å². The Morgan fingerprint density at radius 3 is 2.81 bits per heavy atom. The van der Waals surface area contributed by atoms with Gasteiger partial charge in [0, 0.05) is 19.4 Å². The molecule has 21 heavy (non-hydrogen) atoms. The fourth-order valence-corrected chi connectivity index (χ4v) is 2.15. The van der Waals surface area contributed by atoms with Gasteiger partial charge in [-0.2, -0.15) is 0 Å². The summed E-state index contributed by atoms with van der Waals surface area (Å²) in [5, 5.41) is 0. The Morgan fingerprint density at radius 1 is 1.29 bits per heavy atom. The van der Waals surface area contributed by atoms with E-state index in [4.69, 9.17) is 15.9 Å². The summed E-state index contributed by atoms with van der Waals surface area (Å²) in [7, 11) is 0. The molecule has 3 heteroatoms. The number of rotatable bonds is 11. The summed E-state index contributed by atoms with van der Waals surface area (Å²) in [4.78, 5) is 10.9. The number of ether oxygens (including phenoxy) is 2. The van der Waals surface area contributed by atoms with Crippen LogP contribution in [0.3, 0.4) is 0 Å². The molecule has 0 aliphatic heterocycles. The lowest BCUT2D eigenvalue weighted by molar-refractivity contribution is -0.105. The lowest BCUT2D eigenvalue weighted by atomic mass is 10.0. The standard InChI is InChI=1S/C18H26O3/c1-3-5-7-9-13-20-17-11-10-16(15-19)14-18(17)21-12-8-6-4-2/h1,10-11,15,18H,4-9,12-14H2,2H3. The molecule has 0 saturated carbocycles. The molecule has 0 saturated heterocycles.